The van der Waals surface area contributed by atoms with Crippen LogP contribution in [0.2, 0.25) is 0 Å². The highest BCUT2D eigenvalue weighted by atomic mass is 16.5. The summed E-state index contributed by atoms with van der Waals surface area (Å²) in [5.74, 6) is 0.541. The van der Waals surface area contributed by atoms with Gasteiger partial charge in [0.25, 0.3) is 5.91 Å². The van der Waals surface area contributed by atoms with Crippen LogP contribution in [0, 0.1) is 27.7 Å². The van der Waals surface area contributed by atoms with E-state index < -0.39 is 0 Å². The number of aryl methyl sites for hydroxylation is 2. The number of ether oxygens (including phenoxy) is 1. The number of nitrogens with zero attached hydrogens (tertiary/aromatic N) is 2. The average molecular weight is 363 g/mol. The van der Waals surface area contributed by atoms with Crippen LogP contribution < -0.4 is 10.1 Å². The molecular weight excluding hydrogens is 338 g/mol. The molecule has 140 valence electrons. The van der Waals surface area contributed by atoms with Crippen molar-refractivity contribution in [3.8, 4) is 5.75 Å². The molecule has 1 aromatic heterocycles. The maximum absolute atomic E-state index is 12.8. The smallest absolute Gasteiger partial charge is 0.256 e. The first-order valence-corrected chi connectivity index (χ1v) is 8.95. The van der Waals surface area contributed by atoms with Crippen molar-refractivity contribution in [3.05, 3.63) is 76.1 Å². The lowest BCUT2D eigenvalue weighted by molar-refractivity contribution is 0.102. The fourth-order valence-corrected chi connectivity index (χ4v) is 3.24. The van der Waals surface area contributed by atoms with E-state index in [1.807, 2.05) is 49.7 Å². The van der Waals surface area contributed by atoms with E-state index in [9.17, 15) is 4.79 Å². The Morgan fingerprint density at radius 2 is 1.81 bits per heavy atom. The van der Waals surface area contributed by atoms with Gasteiger partial charge in [-0.25, -0.2) is 0 Å². The van der Waals surface area contributed by atoms with Crippen LogP contribution in [0.3, 0.4) is 0 Å². The Balaban J connectivity index is 1.87. The zero-order chi connectivity index (χ0) is 19.6. The van der Waals surface area contributed by atoms with Crippen LogP contribution in [-0.2, 0) is 6.54 Å². The number of rotatable bonds is 5. The zero-order valence-electron chi connectivity index (χ0n) is 16.5. The average Bonchev–Trinajstić information content (AvgIpc) is 2.91. The van der Waals surface area contributed by atoms with Gasteiger partial charge in [-0.3, -0.25) is 9.48 Å². The van der Waals surface area contributed by atoms with Gasteiger partial charge >= 0.3 is 0 Å². The first kappa shape index (κ1) is 18.7. The quantitative estimate of drug-likeness (QED) is 0.730. The fraction of sp³-hybridized carbons (Fsp3) is 0.273. The van der Waals surface area contributed by atoms with Crippen LogP contribution in [0.1, 0.15) is 38.4 Å². The predicted octanol–water partition coefficient (Wildman–Crippen LogP) is 4.43. The Bertz CT molecular complexity index is 989. The third-order valence-corrected chi connectivity index (χ3v) is 4.95. The second-order valence-corrected chi connectivity index (χ2v) is 6.72. The molecule has 27 heavy (non-hydrogen) atoms. The molecule has 5 heteroatoms. The predicted molar refractivity (Wildman–Crippen MR) is 108 cm³/mol. The van der Waals surface area contributed by atoms with E-state index in [1.165, 1.54) is 11.1 Å². The normalized spacial score (nSPS) is 10.7. The van der Waals surface area contributed by atoms with Crippen LogP contribution in [0.5, 0.6) is 5.75 Å². The molecule has 0 atom stereocenters. The van der Waals surface area contributed by atoms with Crippen molar-refractivity contribution in [3.63, 3.8) is 0 Å². The molecule has 2 aromatic carbocycles. The molecule has 1 heterocycles. The number of amides is 1. The Kier molecular flexibility index (Phi) is 5.31. The van der Waals surface area contributed by atoms with Gasteiger partial charge in [-0.15, -0.1) is 0 Å². The number of hydrogen-bond donors (Lipinski definition) is 1. The van der Waals surface area contributed by atoms with Gasteiger partial charge in [-0.05, 0) is 51.0 Å². The molecule has 1 N–H and O–H groups in total. The number of methoxy groups -OCH3 is 1. The second-order valence-electron chi connectivity index (χ2n) is 6.72. The standard InChI is InChI=1S/C22H25N3O2/c1-14-9-6-7-10-18(14)13-25-17(4)21(16(3)24-25)23-22(26)19-11-8-12-20(27-5)15(19)2/h6-12H,13H2,1-5H3,(H,23,26). The summed E-state index contributed by atoms with van der Waals surface area (Å²) >= 11 is 0. The lowest BCUT2D eigenvalue weighted by Gasteiger charge is -2.11. The zero-order valence-corrected chi connectivity index (χ0v) is 16.5. The molecule has 0 aliphatic rings. The Morgan fingerprint density at radius 1 is 1.07 bits per heavy atom. The number of aromatic nitrogens is 2. The van der Waals surface area contributed by atoms with E-state index >= 15 is 0 Å². The van der Waals surface area contributed by atoms with Gasteiger partial charge in [0.1, 0.15) is 5.75 Å². The first-order valence-electron chi connectivity index (χ1n) is 8.95. The molecule has 0 aliphatic carbocycles. The maximum atomic E-state index is 12.8. The van der Waals surface area contributed by atoms with E-state index in [4.69, 9.17) is 4.74 Å². The lowest BCUT2D eigenvalue weighted by atomic mass is 10.1. The molecule has 1 amide bonds. The third kappa shape index (κ3) is 3.72. The van der Waals surface area contributed by atoms with Gasteiger partial charge in [0.05, 0.1) is 30.7 Å². The largest absolute Gasteiger partial charge is 0.496 e. The van der Waals surface area contributed by atoms with Crippen LogP contribution in [0.4, 0.5) is 5.69 Å². The number of anilines is 1. The van der Waals surface area contributed by atoms with Crippen LogP contribution in [0.25, 0.3) is 0 Å². The van der Waals surface area contributed by atoms with Gasteiger partial charge in [0.2, 0.25) is 0 Å². The van der Waals surface area contributed by atoms with Crippen molar-refractivity contribution < 1.29 is 9.53 Å². The third-order valence-electron chi connectivity index (χ3n) is 4.95. The van der Waals surface area contributed by atoms with Crippen molar-refractivity contribution in [2.75, 3.05) is 12.4 Å². The molecule has 0 unspecified atom stereocenters. The van der Waals surface area contributed by atoms with Crippen LogP contribution in [-0.4, -0.2) is 22.8 Å². The van der Waals surface area contributed by atoms with Gasteiger partial charge in [0.15, 0.2) is 0 Å². The SMILES string of the molecule is COc1cccc(C(=O)Nc2c(C)nn(Cc3ccccc3C)c2C)c1C. The highest BCUT2D eigenvalue weighted by Crippen LogP contribution is 2.25. The second kappa shape index (κ2) is 7.66. The van der Waals surface area contributed by atoms with Gasteiger partial charge in [-0.1, -0.05) is 30.3 Å². The van der Waals surface area contributed by atoms with Crippen molar-refractivity contribution in [2.24, 2.45) is 0 Å². The molecule has 0 saturated carbocycles. The number of nitrogens with one attached hydrogen (secondary N) is 1. The molecule has 0 bridgehead atoms. The molecule has 0 saturated heterocycles. The fourth-order valence-electron chi connectivity index (χ4n) is 3.24. The first-order chi connectivity index (χ1) is 12.9. The summed E-state index contributed by atoms with van der Waals surface area (Å²) in [6.45, 7) is 8.54. The molecule has 0 spiro atoms. The molecule has 0 radical (unpaired) electrons. The Hall–Kier alpha value is -3.08. The van der Waals surface area contributed by atoms with Gasteiger partial charge in [0, 0.05) is 11.1 Å². The van der Waals surface area contributed by atoms with Gasteiger partial charge < -0.3 is 10.1 Å². The minimum Gasteiger partial charge on any atom is -0.496 e. The van der Waals surface area contributed by atoms with E-state index in [2.05, 4.69) is 29.5 Å². The number of hydrogen-bond acceptors (Lipinski definition) is 3. The molecule has 3 aromatic rings. The summed E-state index contributed by atoms with van der Waals surface area (Å²) in [5.41, 5.74) is 6.35. The van der Waals surface area contributed by atoms with Crippen LogP contribution in [0.15, 0.2) is 42.5 Å². The maximum Gasteiger partial charge on any atom is 0.256 e. The van der Waals surface area contributed by atoms with E-state index in [-0.39, 0.29) is 5.91 Å². The Labute approximate surface area is 160 Å². The minimum absolute atomic E-state index is 0.159. The highest BCUT2D eigenvalue weighted by Gasteiger charge is 2.18. The molecule has 0 aliphatic heterocycles. The molecule has 5 nitrogen and oxygen atoms in total. The summed E-state index contributed by atoms with van der Waals surface area (Å²) < 4.78 is 7.25. The summed E-state index contributed by atoms with van der Waals surface area (Å²) in [6.07, 6.45) is 0. The summed E-state index contributed by atoms with van der Waals surface area (Å²) in [4.78, 5) is 12.8. The monoisotopic (exact) mass is 363 g/mol. The summed E-state index contributed by atoms with van der Waals surface area (Å²) in [6, 6.07) is 13.7. The van der Waals surface area contributed by atoms with E-state index in [0.29, 0.717) is 17.9 Å². The minimum atomic E-state index is -0.159. The highest BCUT2D eigenvalue weighted by molar-refractivity contribution is 6.06. The summed E-state index contributed by atoms with van der Waals surface area (Å²) in [7, 11) is 1.61. The molecular formula is C22H25N3O2. The van der Waals surface area contributed by atoms with E-state index in [1.54, 1.807) is 13.2 Å². The van der Waals surface area contributed by atoms with Crippen molar-refractivity contribution in [2.45, 2.75) is 34.2 Å². The Morgan fingerprint density at radius 3 is 2.52 bits per heavy atom. The lowest BCUT2D eigenvalue weighted by Crippen LogP contribution is -2.15. The topological polar surface area (TPSA) is 56.1 Å². The number of carbonyl (C=O) groups excluding carboxylic acids is 1. The number of benzene rings is 2. The number of carbonyl (C=O) groups is 1. The van der Waals surface area contributed by atoms with E-state index in [0.717, 1.165) is 22.6 Å². The van der Waals surface area contributed by atoms with Crippen molar-refractivity contribution in [1.29, 1.82) is 0 Å². The molecule has 0 fully saturated rings. The summed E-state index contributed by atoms with van der Waals surface area (Å²) in [5, 5.41) is 7.66. The molecule has 3 rings (SSSR count). The van der Waals surface area contributed by atoms with Crippen molar-refractivity contribution >= 4 is 11.6 Å². The van der Waals surface area contributed by atoms with Crippen molar-refractivity contribution in [1.82, 2.24) is 9.78 Å². The van der Waals surface area contributed by atoms with Gasteiger partial charge in [-0.2, -0.15) is 5.10 Å². The van der Waals surface area contributed by atoms with Crippen LogP contribution >= 0.6 is 0 Å².